The number of amides is 1. The molecule has 0 radical (unpaired) electrons. The Morgan fingerprint density at radius 3 is 3.17 bits per heavy atom. The van der Waals surface area contributed by atoms with Gasteiger partial charge in [-0.15, -0.1) is 11.3 Å². The van der Waals surface area contributed by atoms with Crippen LogP contribution in [0.2, 0.25) is 0 Å². The smallest absolute Gasteiger partial charge is 0.426 e. The minimum atomic E-state index is -1.15. The first-order valence-electron chi connectivity index (χ1n) is 7.01. The van der Waals surface area contributed by atoms with Gasteiger partial charge in [0.2, 0.25) is 0 Å². The number of hydroxylamine groups is 1. The lowest BCUT2D eigenvalue weighted by Gasteiger charge is -2.17. The van der Waals surface area contributed by atoms with Crippen LogP contribution in [-0.4, -0.2) is 67.9 Å². The highest BCUT2D eigenvalue weighted by atomic mass is 32.1. The molecule has 1 atom stereocenters. The third kappa shape index (κ3) is 5.57. The molecule has 2 rings (SSSR count). The van der Waals surface area contributed by atoms with Crippen LogP contribution in [0.3, 0.4) is 0 Å². The van der Waals surface area contributed by atoms with Crippen molar-refractivity contribution < 1.29 is 29.3 Å². The van der Waals surface area contributed by atoms with Crippen molar-refractivity contribution in [3.05, 3.63) is 22.4 Å². The van der Waals surface area contributed by atoms with Crippen molar-refractivity contribution in [2.24, 2.45) is 5.16 Å². The highest BCUT2D eigenvalue weighted by Gasteiger charge is 2.32. The summed E-state index contributed by atoms with van der Waals surface area (Å²) < 4.78 is 10.4. The molecular weight excluding hydrogens is 325 g/mol. The average molecular weight is 343 g/mol. The minimum Gasteiger partial charge on any atom is -0.426 e. The van der Waals surface area contributed by atoms with E-state index in [0.29, 0.717) is 11.5 Å². The van der Waals surface area contributed by atoms with Crippen LogP contribution < -0.4 is 10.8 Å². The summed E-state index contributed by atoms with van der Waals surface area (Å²) in [5.74, 6) is -1.21. The van der Waals surface area contributed by atoms with Crippen LogP contribution in [-0.2, 0) is 19.0 Å². The predicted octanol–water partition coefficient (Wildman–Crippen LogP) is -1.00. The second kappa shape index (κ2) is 9.60. The molecule has 2 heterocycles. The number of carbonyl (C=O) groups is 1. The molecule has 1 aromatic heterocycles. The minimum absolute atomic E-state index is 0.0781. The molecule has 1 aromatic rings. The Balaban J connectivity index is 2.03. The van der Waals surface area contributed by atoms with Gasteiger partial charge in [-0.1, -0.05) is 11.2 Å². The summed E-state index contributed by atoms with van der Waals surface area (Å²) >= 11 is 1.33. The molecule has 0 aliphatic carbocycles. The Kier molecular flexibility index (Phi) is 7.45. The molecule has 23 heavy (non-hydrogen) atoms. The number of carbonyl (C=O) groups excluding carboxylic acids is 1. The Labute approximate surface area is 137 Å². The van der Waals surface area contributed by atoms with E-state index in [1.54, 1.807) is 17.5 Å². The quantitative estimate of drug-likeness (QED) is 0.217. The average Bonchev–Trinajstić information content (AvgIpc) is 2.99. The zero-order valence-electron chi connectivity index (χ0n) is 12.3. The number of hydrogen-bond donors (Lipinski definition) is 4. The van der Waals surface area contributed by atoms with Crippen LogP contribution in [0.5, 0.6) is 0 Å². The van der Waals surface area contributed by atoms with E-state index in [9.17, 15) is 9.82 Å². The molecule has 1 fully saturated rings. The molecule has 0 bridgehead atoms. The van der Waals surface area contributed by atoms with Gasteiger partial charge in [-0.3, -0.25) is 4.79 Å². The van der Waals surface area contributed by atoms with Crippen molar-refractivity contribution in [3.8, 4) is 0 Å². The zero-order chi connectivity index (χ0) is 16.5. The molecule has 1 amide bonds. The Morgan fingerprint density at radius 1 is 1.57 bits per heavy atom. The fourth-order valence-electron chi connectivity index (χ4n) is 1.80. The lowest BCUT2D eigenvalue weighted by Crippen LogP contribution is -2.51. The van der Waals surface area contributed by atoms with Gasteiger partial charge in [0.15, 0.2) is 5.71 Å². The first-order chi connectivity index (χ1) is 11.2. The molecule has 0 aromatic carbocycles. The molecule has 11 heteroatoms. The molecular formula is C12H18BN3O6S. The first-order valence-corrected chi connectivity index (χ1v) is 7.89. The van der Waals surface area contributed by atoms with Crippen molar-refractivity contribution in [1.82, 2.24) is 10.8 Å². The molecule has 0 spiro atoms. The van der Waals surface area contributed by atoms with Crippen LogP contribution in [0.15, 0.2) is 22.7 Å². The fraction of sp³-hybridized carbons (Fsp3) is 0.500. The monoisotopic (exact) mass is 343 g/mol. The third-order valence-electron chi connectivity index (χ3n) is 2.91. The lowest BCUT2D eigenvalue weighted by atomic mass is 9.79. The number of nitrogens with zero attached hydrogens (tertiary/aromatic N) is 1. The van der Waals surface area contributed by atoms with E-state index >= 15 is 0 Å². The van der Waals surface area contributed by atoms with Gasteiger partial charge in [0.05, 0.1) is 37.2 Å². The Morgan fingerprint density at radius 2 is 2.43 bits per heavy atom. The topological polar surface area (TPSA) is 122 Å². The van der Waals surface area contributed by atoms with Gasteiger partial charge in [-0.2, -0.15) is 0 Å². The number of hydrogen-bond acceptors (Lipinski definition) is 9. The van der Waals surface area contributed by atoms with Gasteiger partial charge < -0.3 is 29.8 Å². The molecule has 1 saturated heterocycles. The van der Waals surface area contributed by atoms with E-state index in [0.717, 1.165) is 0 Å². The highest BCUT2D eigenvalue weighted by Crippen LogP contribution is 2.11. The van der Waals surface area contributed by atoms with Gasteiger partial charge in [0.1, 0.15) is 6.61 Å². The van der Waals surface area contributed by atoms with Crippen molar-refractivity contribution in [3.63, 3.8) is 0 Å². The van der Waals surface area contributed by atoms with E-state index < -0.39 is 19.0 Å². The summed E-state index contributed by atoms with van der Waals surface area (Å²) in [4.78, 5) is 18.1. The predicted molar refractivity (Wildman–Crippen MR) is 83.3 cm³/mol. The van der Waals surface area contributed by atoms with E-state index in [1.807, 2.05) is 5.48 Å². The second-order valence-corrected chi connectivity index (χ2v) is 5.52. The van der Waals surface area contributed by atoms with Gasteiger partial charge in [-0.05, 0) is 11.4 Å². The second-order valence-electron chi connectivity index (χ2n) is 4.57. The number of ether oxygens (including phenoxy) is 1. The van der Waals surface area contributed by atoms with E-state index in [-0.39, 0.29) is 32.1 Å². The lowest BCUT2D eigenvalue weighted by molar-refractivity contribution is -0.115. The normalized spacial score (nSPS) is 19.3. The van der Waals surface area contributed by atoms with Crippen molar-refractivity contribution in [1.29, 1.82) is 0 Å². The van der Waals surface area contributed by atoms with Gasteiger partial charge >= 0.3 is 7.12 Å². The number of oxime groups is 1. The van der Waals surface area contributed by atoms with Crippen molar-refractivity contribution in [2.45, 2.75) is 5.94 Å². The summed E-state index contributed by atoms with van der Waals surface area (Å²) in [6, 6.07) is 3.51. The van der Waals surface area contributed by atoms with E-state index in [1.165, 1.54) is 11.3 Å². The molecule has 1 unspecified atom stereocenters. The number of thiophene rings is 1. The van der Waals surface area contributed by atoms with Gasteiger partial charge in [0.25, 0.3) is 5.91 Å². The van der Waals surface area contributed by atoms with Crippen LogP contribution in [0.1, 0.15) is 4.88 Å². The SMILES string of the molecule is O=C(NC1COCCOB1O)/C(=N\OCCNO)c1cccs1. The largest absolute Gasteiger partial charge is 0.480 e. The van der Waals surface area contributed by atoms with Gasteiger partial charge in [-0.25, -0.2) is 5.48 Å². The summed E-state index contributed by atoms with van der Waals surface area (Å²) in [7, 11) is -1.15. The van der Waals surface area contributed by atoms with Crippen LogP contribution in [0.25, 0.3) is 0 Å². The molecule has 9 nitrogen and oxygen atoms in total. The molecule has 4 N–H and O–H groups in total. The fourth-order valence-corrected chi connectivity index (χ4v) is 2.50. The highest BCUT2D eigenvalue weighted by molar-refractivity contribution is 7.13. The standard InChI is InChI=1S/C12H18BN3O6S/c17-12(15-10-8-20-5-6-21-13(10)18)11(9-2-1-7-23-9)16-22-4-3-14-19/h1-2,7,10,14,18-19H,3-6,8H2,(H,15,17)/b16-11-. The molecule has 1 aliphatic rings. The van der Waals surface area contributed by atoms with Crippen LogP contribution in [0, 0.1) is 0 Å². The summed E-state index contributed by atoms with van der Waals surface area (Å²) in [6.45, 7) is 1.02. The van der Waals surface area contributed by atoms with Crippen LogP contribution >= 0.6 is 11.3 Å². The first kappa shape index (κ1) is 17.9. The maximum Gasteiger partial charge on any atom is 0.480 e. The number of rotatable bonds is 7. The maximum absolute atomic E-state index is 12.4. The summed E-state index contributed by atoms with van der Waals surface area (Å²) in [6.07, 6.45) is 0. The van der Waals surface area contributed by atoms with Gasteiger partial charge in [0, 0.05) is 0 Å². The Bertz CT molecular complexity index is 515. The number of nitrogens with one attached hydrogen (secondary N) is 2. The summed E-state index contributed by atoms with van der Waals surface area (Å²) in [5, 5.41) is 26.6. The zero-order valence-corrected chi connectivity index (χ0v) is 13.1. The van der Waals surface area contributed by atoms with Crippen LogP contribution in [0.4, 0.5) is 0 Å². The summed E-state index contributed by atoms with van der Waals surface area (Å²) in [5.41, 5.74) is 2.00. The molecule has 126 valence electrons. The molecule has 0 saturated carbocycles. The van der Waals surface area contributed by atoms with Crippen molar-refractivity contribution >= 4 is 30.1 Å². The Hall–Kier alpha value is -1.50. The maximum atomic E-state index is 12.4. The third-order valence-corrected chi connectivity index (χ3v) is 3.78. The van der Waals surface area contributed by atoms with Crippen molar-refractivity contribution in [2.75, 3.05) is 33.0 Å². The van der Waals surface area contributed by atoms with E-state index in [4.69, 9.17) is 19.4 Å². The van der Waals surface area contributed by atoms with E-state index in [2.05, 4.69) is 10.5 Å². The molecule has 1 aliphatic heterocycles.